The van der Waals surface area contributed by atoms with Crippen molar-refractivity contribution in [3.8, 4) is 0 Å². The summed E-state index contributed by atoms with van der Waals surface area (Å²) in [5.74, 6) is 0. The monoisotopic (exact) mass is 161 g/mol. The van der Waals surface area contributed by atoms with E-state index in [4.69, 9.17) is 0 Å². The predicted octanol–water partition coefficient (Wildman–Crippen LogP) is 1.12. The molecule has 0 N–H and O–H groups in total. The van der Waals surface area contributed by atoms with Crippen LogP contribution in [0.5, 0.6) is 0 Å². The number of nitrogens with zero attached hydrogens (tertiary/aromatic N) is 1. The molecule has 0 aromatic carbocycles. The normalized spacial score (nSPS) is 8.44. The van der Waals surface area contributed by atoms with Crippen molar-refractivity contribution in [2.45, 2.75) is 26.1 Å². The van der Waals surface area contributed by atoms with E-state index < -0.39 is 0 Å². The molecule has 0 atom stereocenters. The fourth-order valence-electron chi connectivity index (χ4n) is 0.740. The van der Waals surface area contributed by atoms with Crippen LogP contribution in [0.4, 0.5) is 0 Å². The largest absolute Gasteiger partial charge is 0.813 e. The molecule has 0 aromatic heterocycles. The molecule has 0 unspecified atom stereocenters. The zero-order valence-electron chi connectivity index (χ0n) is 6.59. The second-order valence-electron chi connectivity index (χ2n) is 1.81. The maximum atomic E-state index is 2.51. The van der Waals surface area contributed by atoms with Gasteiger partial charge in [0.25, 0.3) is 0 Å². The predicted molar refractivity (Wildman–Crippen MR) is 47.9 cm³/mol. The van der Waals surface area contributed by atoms with Crippen LogP contribution >= 0.6 is 0 Å². The minimum absolute atomic E-state index is 0. The summed E-state index contributed by atoms with van der Waals surface area (Å²) in [6, 6.07) is 0. The minimum Gasteiger partial charge on any atom is -0.813 e. The topological polar surface area (TPSA) is 3.24 Å². The summed E-state index contributed by atoms with van der Waals surface area (Å²) >= 11 is 0.604. The van der Waals surface area contributed by atoms with Gasteiger partial charge in [0.2, 0.25) is 0 Å². The van der Waals surface area contributed by atoms with E-state index in [0.717, 1.165) is 0 Å². The van der Waals surface area contributed by atoms with Crippen LogP contribution in [-0.4, -0.2) is 32.4 Å². The maximum absolute atomic E-state index is 2.51. The molecule has 0 heterocycles. The minimum atomic E-state index is 0. The molecule has 3 heteroatoms. The molecular weight excluding hydrogens is 145 g/mol. The Hall–Kier alpha value is 0.842. The molecule has 0 saturated carbocycles. The smallest absolute Gasteiger partial charge is 0.813 e. The molecule has 0 rings (SSSR count). The molecule has 0 saturated heterocycles. The first kappa shape index (κ1) is 12.5. The van der Waals surface area contributed by atoms with Crippen molar-refractivity contribution in [2.75, 3.05) is 13.1 Å². The van der Waals surface area contributed by atoms with Crippen molar-refractivity contribution in [2.24, 2.45) is 0 Å². The Bertz CT molecular complexity index is 48.3. The summed E-state index contributed by atoms with van der Waals surface area (Å²) in [4.78, 5) is 0. The summed E-state index contributed by atoms with van der Waals surface area (Å²) < 4.78 is 2.51. The van der Waals surface area contributed by atoms with Crippen molar-refractivity contribution in [3.05, 3.63) is 0 Å². The first-order valence-electron chi connectivity index (χ1n) is 3.42. The summed E-state index contributed by atoms with van der Waals surface area (Å²) in [7, 11) is 0. The van der Waals surface area contributed by atoms with Crippen LogP contribution in [-0.2, 0) is 13.5 Å². The molecule has 9 heavy (non-hydrogen) atoms. The zero-order chi connectivity index (χ0) is 6.41. The molecule has 0 bridgehead atoms. The Labute approximate surface area is 72.2 Å². The number of hydrogen-bond donors (Lipinski definition) is 0. The molecular formula is C6H16AlNS. The van der Waals surface area contributed by atoms with Crippen molar-refractivity contribution < 1.29 is 0 Å². The average Bonchev–Trinajstić information content (AvgIpc) is 1.83. The second kappa shape index (κ2) is 8.84. The van der Waals surface area contributed by atoms with Crippen LogP contribution in [0.2, 0.25) is 5.28 Å². The van der Waals surface area contributed by atoms with Gasteiger partial charge >= 0.3 is 58.5 Å². The molecule has 1 nitrogen and oxygen atoms in total. The summed E-state index contributed by atoms with van der Waals surface area (Å²) in [5, 5.41) is 1.36. The summed E-state index contributed by atoms with van der Waals surface area (Å²) in [6.07, 6.45) is 0. The Morgan fingerprint density at radius 3 is 1.67 bits per heavy atom. The van der Waals surface area contributed by atoms with Gasteiger partial charge in [-0.25, -0.2) is 0 Å². The van der Waals surface area contributed by atoms with Gasteiger partial charge in [-0.1, -0.05) is 0 Å². The van der Waals surface area contributed by atoms with E-state index in [0.29, 0.717) is 15.4 Å². The SMILES string of the molecule is C[CH2][Al+][N](CC)CC.[SH-]. The molecule has 0 spiro atoms. The van der Waals surface area contributed by atoms with Gasteiger partial charge < -0.3 is 13.5 Å². The van der Waals surface area contributed by atoms with Gasteiger partial charge in [0.1, 0.15) is 0 Å². The number of rotatable bonds is 4. The molecule has 0 radical (unpaired) electrons. The Balaban J connectivity index is 0. The third-order valence-electron chi connectivity index (χ3n) is 1.25. The zero-order valence-corrected chi connectivity index (χ0v) is 8.64. The maximum Gasteiger partial charge on any atom is -0.813 e. The third kappa shape index (κ3) is 6.73. The Morgan fingerprint density at radius 2 is 1.56 bits per heavy atom. The standard InChI is InChI=1S/C4H10N.C2H5.Al.H2S/c1-3-5-4-2;1-2;;/h3-4H2,1-2H3;1H2,2H3;;1H2/q-1;;+2;/p-1. The van der Waals surface area contributed by atoms with E-state index in [1.807, 2.05) is 0 Å². The van der Waals surface area contributed by atoms with E-state index in [1.54, 1.807) is 0 Å². The number of thiol groups is 1. The Kier molecular flexibility index (Phi) is 12.3. The molecule has 0 aliphatic rings. The van der Waals surface area contributed by atoms with Crippen molar-refractivity contribution in [3.63, 3.8) is 0 Å². The van der Waals surface area contributed by atoms with Crippen LogP contribution in [0, 0.1) is 0 Å². The van der Waals surface area contributed by atoms with Gasteiger partial charge in [-0.2, -0.15) is 0 Å². The molecule has 0 amide bonds. The van der Waals surface area contributed by atoms with Gasteiger partial charge in [-0.15, -0.1) is 0 Å². The van der Waals surface area contributed by atoms with E-state index in [2.05, 4.69) is 24.7 Å². The van der Waals surface area contributed by atoms with Gasteiger partial charge in [-0.05, 0) is 0 Å². The quantitative estimate of drug-likeness (QED) is 0.345. The third-order valence-corrected chi connectivity index (χ3v) is 2.86. The molecule has 54 valence electrons. The Morgan fingerprint density at radius 1 is 1.11 bits per heavy atom. The van der Waals surface area contributed by atoms with Crippen molar-refractivity contribution in [1.29, 1.82) is 0 Å². The van der Waals surface area contributed by atoms with Crippen molar-refractivity contribution >= 4 is 28.9 Å². The average molecular weight is 161 g/mol. The first-order chi connectivity index (χ1) is 3.85. The first-order valence-corrected chi connectivity index (χ1v) is 4.75. The van der Waals surface area contributed by atoms with Gasteiger partial charge in [-0.3, -0.25) is 0 Å². The van der Waals surface area contributed by atoms with Crippen LogP contribution in [0.25, 0.3) is 0 Å². The van der Waals surface area contributed by atoms with E-state index in [-0.39, 0.29) is 13.5 Å². The molecule has 0 fully saturated rings. The van der Waals surface area contributed by atoms with E-state index in [1.165, 1.54) is 18.4 Å². The van der Waals surface area contributed by atoms with Crippen molar-refractivity contribution in [1.82, 2.24) is 3.88 Å². The summed E-state index contributed by atoms with van der Waals surface area (Å²) in [6.45, 7) is 9.19. The van der Waals surface area contributed by atoms with Gasteiger partial charge in [0.15, 0.2) is 0 Å². The van der Waals surface area contributed by atoms with E-state index >= 15 is 0 Å². The van der Waals surface area contributed by atoms with Crippen LogP contribution in [0.1, 0.15) is 20.8 Å². The number of hydrogen-bond acceptors (Lipinski definition) is 2. The van der Waals surface area contributed by atoms with E-state index in [9.17, 15) is 0 Å². The van der Waals surface area contributed by atoms with Crippen LogP contribution in [0.15, 0.2) is 0 Å². The molecule has 0 aliphatic carbocycles. The fourth-order valence-corrected chi connectivity index (χ4v) is 1.77. The molecule has 0 aromatic rings. The summed E-state index contributed by atoms with van der Waals surface area (Å²) in [5.41, 5.74) is 0. The van der Waals surface area contributed by atoms with Crippen LogP contribution < -0.4 is 0 Å². The fraction of sp³-hybridized carbons (Fsp3) is 1.00. The molecule has 0 aliphatic heterocycles. The second-order valence-corrected chi connectivity index (χ2v) is 3.72. The van der Waals surface area contributed by atoms with Gasteiger partial charge in [0.05, 0.1) is 0 Å². The van der Waals surface area contributed by atoms with Crippen LogP contribution in [0.3, 0.4) is 0 Å². The van der Waals surface area contributed by atoms with Gasteiger partial charge in [0, 0.05) is 0 Å².